The van der Waals surface area contributed by atoms with Crippen LogP contribution in [0.5, 0.6) is 11.5 Å². The number of carbonyl (C=O) groups excluding carboxylic acids is 1. The first-order valence-electron chi connectivity index (χ1n) is 8.31. The Hall–Kier alpha value is -2.28. The van der Waals surface area contributed by atoms with Crippen LogP contribution in [-0.2, 0) is 14.3 Å². The maximum Gasteiger partial charge on any atom is 0.305 e. The van der Waals surface area contributed by atoms with Crippen molar-refractivity contribution < 1.29 is 28.9 Å². The highest BCUT2D eigenvalue weighted by atomic mass is 16.5. The number of nitrogens with one attached hydrogen (secondary N) is 1. The maximum atomic E-state index is 12.7. The van der Waals surface area contributed by atoms with Gasteiger partial charge in [-0.15, -0.1) is 0 Å². The highest BCUT2D eigenvalue weighted by Crippen LogP contribution is 2.51. The number of carboxylic acids is 1. The van der Waals surface area contributed by atoms with Crippen LogP contribution in [0.2, 0.25) is 0 Å². The first-order chi connectivity index (χ1) is 12.0. The van der Waals surface area contributed by atoms with Gasteiger partial charge in [-0.3, -0.25) is 9.59 Å². The SMILES string of the molecule is COc1ccc(OC)c(C2CC2C(=O)NC2(CC(=O)O)CCOC2)c1. The molecular formula is C18H23NO6. The van der Waals surface area contributed by atoms with E-state index in [-0.39, 0.29) is 30.8 Å². The van der Waals surface area contributed by atoms with E-state index < -0.39 is 11.5 Å². The van der Waals surface area contributed by atoms with E-state index in [4.69, 9.17) is 19.3 Å². The van der Waals surface area contributed by atoms with Gasteiger partial charge in [0.15, 0.2) is 0 Å². The molecule has 1 aromatic rings. The van der Waals surface area contributed by atoms with E-state index in [0.717, 1.165) is 11.3 Å². The minimum Gasteiger partial charge on any atom is -0.497 e. The van der Waals surface area contributed by atoms with E-state index in [2.05, 4.69) is 5.32 Å². The Morgan fingerprint density at radius 2 is 2.16 bits per heavy atom. The largest absolute Gasteiger partial charge is 0.497 e. The van der Waals surface area contributed by atoms with E-state index >= 15 is 0 Å². The number of methoxy groups -OCH3 is 2. The molecule has 25 heavy (non-hydrogen) atoms. The summed E-state index contributed by atoms with van der Waals surface area (Å²) < 4.78 is 16.0. The molecule has 1 aliphatic carbocycles. The molecule has 1 aliphatic heterocycles. The quantitative estimate of drug-likeness (QED) is 0.776. The first-order valence-corrected chi connectivity index (χ1v) is 8.31. The second-order valence-electron chi connectivity index (χ2n) is 6.70. The molecule has 1 saturated carbocycles. The first kappa shape index (κ1) is 17.5. The van der Waals surface area contributed by atoms with Gasteiger partial charge < -0.3 is 24.6 Å². The van der Waals surface area contributed by atoms with Gasteiger partial charge >= 0.3 is 5.97 Å². The third kappa shape index (κ3) is 3.71. The average molecular weight is 349 g/mol. The fraction of sp³-hybridized carbons (Fsp3) is 0.556. The Morgan fingerprint density at radius 1 is 1.36 bits per heavy atom. The van der Waals surface area contributed by atoms with Crippen molar-refractivity contribution >= 4 is 11.9 Å². The number of ether oxygens (including phenoxy) is 3. The molecule has 1 aromatic carbocycles. The predicted octanol–water partition coefficient (Wildman–Crippen LogP) is 1.56. The lowest BCUT2D eigenvalue weighted by atomic mass is 9.93. The van der Waals surface area contributed by atoms with Crippen molar-refractivity contribution in [3.63, 3.8) is 0 Å². The Balaban J connectivity index is 1.71. The number of carbonyl (C=O) groups is 2. The Bertz CT molecular complexity index is 668. The van der Waals surface area contributed by atoms with Crippen LogP contribution in [0.4, 0.5) is 0 Å². The van der Waals surface area contributed by atoms with Crippen molar-refractivity contribution in [3.05, 3.63) is 23.8 Å². The summed E-state index contributed by atoms with van der Waals surface area (Å²) in [5.74, 6) is 0.245. The molecule has 0 aromatic heterocycles. The van der Waals surface area contributed by atoms with Crippen molar-refractivity contribution in [2.24, 2.45) is 5.92 Å². The summed E-state index contributed by atoms with van der Waals surface area (Å²) in [6, 6.07) is 5.54. The molecule has 3 atom stereocenters. The van der Waals surface area contributed by atoms with Crippen molar-refractivity contribution in [2.75, 3.05) is 27.4 Å². The van der Waals surface area contributed by atoms with Crippen molar-refractivity contribution in [1.82, 2.24) is 5.32 Å². The van der Waals surface area contributed by atoms with Crippen LogP contribution in [0, 0.1) is 5.92 Å². The van der Waals surface area contributed by atoms with Gasteiger partial charge in [-0.2, -0.15) is 0 Å². The van der Waals surface area contributed by atoms with E-state index in [0.29, 0.717) is 25.2 Å². The van der Waals surface area contributed by atoms with Crippen LogP contribution in [0.25, 0.3) is 0 Å². The lowest BCUT2D eigenvalue weighted by Crippen LogP contribution is -2.51. The van der Waals surface area contributed by atoms with Crippen LogP contribution in [0.1, 0.15) is 30.7 Å². The molecule has 3 unspecified atom stereocenters. The van der Waals surface area contributed by atoms with E-state index in [1.807, 2.05) is 18.2 Å². The Kier molecular flexibility index (Phi) is 4.85. The maximum absolute atomic E-state index is 12.7. The molecule has 1 heterocycles. The Labute approximate surface area is 146 Å². The second-order valence-corrected chi connectivity index (χ2v) is 6.70. The third-order valence-corrected chi connectivity index (χ3v) is 4.94. The number of carboxylic acid groups (broad SMARTS) is 1. The molecule has 7 nitrogen and oxygen atoms in total. The molecule has 1 amide bonds. The van der Waals surface area contributed by atoms with Gasteiger partial charge in [-0.05, 0) is 31.0 Å². The van der Waals surface area contributed by atoms with Crippen LogP contribution in [-0.4, -0.2) is 50.0 Å². The second kappa shape index (κ2) is 6.92. The summed E-state index contributed by atoms with van der Waals surface area (Å²) >= 11 is 0. The molecule has 7 heteroatoms. The number of hydrogen-bond donors (Lipinski definition) is 2. The minimum absolute atomic E-state index is 0.0502. The fourth-order valence-corrected chi connectivity index (χ4v) is 3.49. The third-order valence-electron chi connectivity index (χ3n) is 4.94. The van der Waals surface area contributed by atoms with Gasteiger partial charge in [0.1, 0.15) is 11.5 Å². The molecule has 2 N–H and O–H groups in total. The lowest BCUT2D eigenvalue weighted by molar-refractivity contribution is -0.139. The summed E-state index contributed by atoms with van der Waals surface area (Å²) in [5.41, 5.74) is 0.145. The van der Waals surface area contributed by atoms with Crippen LogP contribution < -0.4 is 14.8 Å². The van der Waals surface area contributed by atoms with Crippen molar-refractivity contribution in [2.45, 2.75) is 30.7 Å². The zero-order chi connectivity index (χ0) is 18.0. The van der Waals surface area contributed by atoms with Crippen LogP contribution in [0.3, 0.4) is 0 Å². The molecular weight excluding hydrogens is 326 g/mol. The average Bonchev–Trinajstić information content (AvgIpc) is 3.27. The molecule has 2 fully saturated rings. The minimum atomic E-state index is -0.937. The number of benzene rings is 1. The molecule has 0 bridgehead atoms. The molecule has 1 saturated heterocycles. The smallest absolute Gasteiger partial charge is 0.305 e. The zero-order valence-electron chi connectivity index (χ0n) is 14.4. The molecule has 136 valence electrons. The Morgan fingerprint density at radius 3 is 2.76 bits per heavy atom. The normalized spacial score (nSPS) is 27.6. The van der Waals surface area contributed by atoms with Crippen LogP contribution in [0.15, 0.2) is 18.2 Å². The van der Waals surface area contributed by atoms with E-state index in [1.54, 1.807) is 14.2 Å². The van der Waals surface area contributed by atoms with Gasteiger partial charge in [0.2, 0.25) is 5.91 Å². The van der Waals surface area contributed by atoms with Crippen molar-refractivity contribution in [3.8, 4) is 11.5 Å². The topological polar surface area (TPSA) is 94.1 Å². The number of amides is 1. The molecule has 3 rings (SSSR count). The summed E-state index contributed by atoms with van der Waals surface area (Å²) in [4.78, 5) is 23.8. The van der Waals surface area contributed by atoms with E-state index in [1.165, 1.54) is 0 Å². The summed E-state index contributed by atoms with van der Waals surface area (Å²) in [5, 5.41) is 12.1. The van der Waals surface area contributed by atoms with Crippen LogP contribution >= 0.6 is 0 Å². The lowest BCUT2D eigenvalue weighted by Gasteiger charge is -2.27. The standard InChI is InChI=1S/C18H23NO6/c1-23-11-3-4-15(24-2)13(7-11)12-8-14(12)17(22)19-18(9-16(20)21)5-6-25-10-18/h3-4,7,12,14H,5-6,8-10H2,1-2H3,(H,19,22)(H,20,21). The van der Waals surface area contributed by atoms with Gasteiger partial charge in [-0.25, -0.2) is 0 Å². The fourth-order valence-electron chi connectivity index (χ4n) is 3.49. The highest BCUT2D eigenvalue weighted by molar-refractivity contribution is 5.84. The van der Waals surface area contributed by atoms with Crippen molar-refractivity contribution in [1.29, 1.82) is 0 Å². The zero-order valence-corrected chi connectivity index (χ0v) is 14.4. The monoisotopic (exact) mass is 349 g/mol. The highest BCUT2D eigenvalue weighted by Gasteiger charge is 2.48. The van der Waals surface area contributed by atoms with Gasteiger partial charge in [0, 0.05) is 24.0 Å². The van der Waals surface area contributed by atoms with Gasteiger partial charge in [-0.1, -0.05) is 0 Å². The number of hydrogen-bond acceptors (Lipinski definition) is 5. The molecule has 2 aliphatic rings. The molecule has 0 spiro atoms. The predicted molar refractivity (Wildman–Crippen MR) is 89.0 cm³/mol. The van der Waals surface area contributed by atoms with Gasteiger partial charge in [0.25, 0.3) is 0 Å². The summed E-state index contributed by atoms with van der Waals surface area (Å²) in [7, 11) is 3.19. The van der Waals surface area contributed by atoms with E-state index in [9.17, 15) is 9.59 Å². The summed E-state index contributed by atoms with van der Waals surface area (Å²) in [6.45, 7) is 0.705. The number of rotatable bonds is 7. The van der Waals surface area contributed by atoms with Gasteiger partial charge in [0.05, 0.1) is 32.8 Å². The molecule has 0 radical (unpaired) electrons. The summed E-state index contributed by atoms with van der Waals surface area (Å²) in [6.07, 6.45) is 1.10. The number of aliphatic carboxylic acids is 1.